The van der Waals surface area contributed by atoms with Gasteiger partial charge in [-0.15, -0.1) is 10.2 Å². The van der Waals surface area contributed by atoms with Crippen LogP contribution in [-0.2, 0) is 4.79 Å². The van der Waals surface area contributed by atoms with Gasteiger partial charge in [-0.3, -0.25) is 14.0 Å². The quantitative estimate of drug-likeness (QED) is 0.410. The third-order valence-corrected chi connectivity index (χ3v) is 7.76. The van der Waals surface area contributed by atoms with Crippen molar-refractivity contribution in [1.29, 1.82) is 0 Å². The average Bonchev–Trinajstić information content (AvgIpc) is 3.24. The van der Waals surface area contributed by atoms with E-state index in [0.29, 0.717) is 22.2 Å². The van der Waals surface area contributed by atoms with Crippen LogP contribution in [0.25, 0.3) is 22.4 Å². The lowest BCUT2D eigenvalue weighted by atomic mass is 9.99. The molecule has 1 saturated heterocycles. The van der Waals surface area contributed by atoms with Gasteiger partial charge in [0.25, 0.3) is 5.56 Å². The molecule has 0 saturated carbocycles. The lowest BCUT2D eigenvalue weighted by molar-refractivity contribution is -0.131. The van der Waals surface area contributed by atoms with Gasteiger partial charge in [0.1, 0.15) is 0 Å². The SMILES string of the molecule is Cc1ccc(C)c(-n2c(=O)c3ccccc3n3c(SC(C)C(=O)N4CCC(C)CC4)nnc23)c1. The summed E-state index contributed by atoms with van der Waals surface area (Å²) in [5.41, 5.74) is 3.43. The summed E-state index contributed by atoms with van der Waals surface area (Å²) in [7, 11) is 0. The highest BCUT2D eigenvalue weighted by atomic mass is 32.2. The van der Waals surface area contributed by atoms with Crippen molar-refractivity contribution >= 4 is 34.3 Å². The minimum Gasteiger partial charge on any atom is -0.342 e. The van der Waals surface area contributed by atoms with Gasteiger partial charge in [-0.05, 0) is 68.9 Å². The lowest BCUT2D eigenvalue weighted by Gasteiger charge is -2.31. The van der Waals surface area contributed by atoms with Crippen LogP contribution in [0, 0.1) is 19.8 Å². The summed E-state index contributed by atoms with van der Waals surface area (Å²) in [6.45, 7) is 9.77. The van der Waals surface area contributed by atoms with Gasteiger partial charge in [-0.25, -0.2) is 4.57 Å². The van der Waals surface area contributed by atoms with Crippen LogP contribution in [0.15, 0.2) is 52.4 Å². The predicted molar refractivity (Wildman–Crippen MR) is 136 cm³/mol. The van der Waals surface area contributed by atoms with Crippen molar-refractivity contribution in [3.05, 3.63) is 63.9 Å². The molecule has 1 atom stereocenters. The van der Waals surface area contributed by atoms with Crippen molar-refractivity contribution < 1.29 is 4.79 Å². The second-order valence-electron chi connectivity index (χ2n) is 9.33. The first-order valence-corrected chi connectivity index (χ1v) is 12.6. The smallest absolute Gasteiger partial charge is 0.267 e. The highest BCUT2D eigenvalue weighted by molar-refractivity contribution is 8.00. The van der Waals surface area contributed by atoms with Crippen LogP contribution in [0.3, 0.4) is 0 Å². The summed E-state index contributed by atoms with van der Waals surface area (Å²) in [4.78, 5) is 28.7. The summed E-state index contributed by atoms with van der Waals surface area (Å²) < 4.78 is 3.55. The Morgan fingerprint density at radius 1 is 1.09 bits per heavy atom. The Hall–Kier alpha value is -3.13. The van der Waals surface area contributed by atoms with Crippen LogP contribution >= 0.6 is 11.8 Å². The molecular formula is C26H29N5O2S. The Labute approximate surface area is 202 Å². The molecule has 1 unspecified atom stereocenters. The summed E-state index contributed by atoms with van der Waals surface area (Å²) in [5, 5.41) is 9.78. The first-order valence-electron chi connectivity index (χ1n) is 11.8. The third-order valence-electron chi connectivity index (χ3n) is 6.73. The minimum atomic E-state index is -0.305. The second kappa shape index (κ2) is 8.91. The molecule has 1 amide bonds. The van der Waals surface area contributed by atoms with Crippen LogP contribution < -0.4 is 5.56 Å². The van der Waals surface area contributed by atoms with E-state index in [1.54, 1.807) is 4.57 Å². The number of carbonyl (C=O) groups excluding carboxylic acids is 1. The number of benzene rings is 2. The maximum Gasteiger partial charge on any atom is 0.267 e. The molecule has 0 spiro atoms. The zero-order valence-corrected chi connectivity index (χ0v) is 20.8. The fraction of sp³-hybridized carbons (Fsp3) is 0.385. The van der Waals surface area contributed by atoms with Crippen LogP contribution in [0.1, 0.15) is 37.8 Å². The molecule has 0 bridgehead atoms. The minimum absolute atomic E-state index is 0.126. The lowest BCUT2D eigenvalue weighted by Crippen LogP contribution is -2.41. The number of carbonyl (C=O) groups is 1. The summed E-state index contributed by atoms with van der Waals surface area (Å²) >= 11 is 1.40. The van der Waals surface area contributed by atoms with Crippen molar-refractivity contribution in [2.24, 2.45) is 5.92 Å². The van der Waals surface area contributed by atoms with Gasteiger partial charge in [-0.1, -0.05) is 43.0 Å². The van der Waals surface area contributed by atoms with Crippen LogP contribution in [0.5, 0.6) is 0 Å². The van der Waals surface area contributed by atoms with Gasteiger partial charge in [0.05, 0.1) is 21.8 Å². The molecule has 176 valence electrons. The molecule has 2 aromatic carbocycles. The van der Waals surface area contributed by atoms with Crippen molar-refractivity contribution in [3.8, 4) is 5.69 Å². The van der Waals surface area contributed by atoms with E-state index in [9.17, 15) is 9.59 Å². The molecule has 7 nitrogen and oxygen atoms in total. The van der Waals surface area contributed by atoms with Gasteiger partial charge in [0, 0.05) is 13.1 Å². The predicted octanol–water partition coefficient (Wildman–Crippen LogP) is 4.39. The first-order chi connectivity index (χ1) is 16.3. The van der Waals surface area contributed by atoms with E-state index >= 15 is 0 Å². The van der Waals surface area contributed by atoms with Crippen molar-refractivity contribution in [2.75, 3.05) is 13.1 Å². The number of para-hydroxylation sites is 1. The average molecular weight is 476 g/mol. The number of aryl methyl sites for hydroxylation is 2. The van der Waals surface area contributed by atoms with Crippen LogP contribution in [-0.4, -0.2) is 48.3 Å². The maximum atomic E-state index is 13.6. The van der Waals surface area contributed by atoms with E-state index in [2.05, 4.69) is 17.1 Å². The number of likely N-dealkylation sites (tertiary alicyclic amines) is 1. The zero-order valence-electron chi connectivity index (χ0n) is 20.0. The van der Waals surface area contributed by atoms with Gasteiger partial charge in [0.2, 0.25) is 11.7 Å². The number of rotatable bonds is 4. The van der Waals surface area contributed by atoms with Crippen LogP contribution in [0.4, 0.5) is 0 Å². The van der Waals surface area contributed by atoms with Crippen molar-refractivity contribution in [2.45, 2.75) is 50.9 Å². The Morgan fingerprint density at radius 2 is 1.82 bits per heavy atom. The van der Waals surface area contributed by atoms with E-state index < -0.39 is 0 Å². The second-order valence-corrected chi connectivity index (χ2v) is 10.6. The first kappa shape index (κ1) is 22.7. The largest absolute Gasteiger partial charge is 0.342 e. The fourth-order valence-electron chi connectivity index (χ4n) is 4.63. The van der Waals surface area contributed by atoms with E-state index in [1.807, 2.05) is 72.5 Å². The molecule has 1 aliphatic heterocycles. The Balaban J connectivity index is 1.63. The molecule has 4 aromatic rings. The molecular weight excluding hydrogens is 446 g/mol. The van der Waals surface area contributed by atoms with Gasteiger partial charge < -0.3 is 4.90 Å². The van der Waals surface area contributed by atoms with Gasteiger partial charge >= 0.3 is 0 Å². The topological polar surface area (TPSA) is 72.5 Å². The molecule has 3 heterocycles. The Kier molecular flexibility index (Phi) is 5.93. The highest BCUT2D eigenvalue weighted by Crippen LogP contribution is 2.28. The molecule has 0 N–H and O–H groups in total. The van der Waals surface area contributed by atoms with E-state index in [4.69, 9.17) is 0 Å². The van der Waals surface area contributed by atoms with Crippen molar-refractivity contribution in [1.82, 2.24) is 24.1 Å². The normalized spacial score (nSPS) is 15.8. The Bertz CT molecular complexity index is 1450. The molecule has 5 rings (SSSR count). The molecule has 34 heavy (non-hydrogen) atoms. The van der Waals surface area contributed by atoms with E-state index in [1.165, 1.54) is 11.8 Å². The Morgan fingerprint density at radius 3 is 2.59 bits per heavy atom. The highest BCUT2D eigenvalue weighted by Gasteiger charge is 2.27. The maximum absolute atomic E-state index is 13.6. The molecule has 0 aliphatic carbocycles. The molecule has 8 heteroatoms. The fourth-order valence-corrected chi connectivity index (χ4v) is 5.57. The standard InChI is InChI=1S/C26H29N5O2S/c1-16-11-13-29(14-12-16)23(32)19(4)34-26-28-27-25-30(22-15-17(2)9-10-18(22)3)24(33)20-7-5-6-8-21(20)31(25)26/h5-10,15-16,19H,11-14H2,1-4H3. The van der Waals surface area contributed by atoms with E-state index in [0.717, 1.165) is 48.3 Å². The number of aromatic nitrogens is 4. The third kappa shape index (κ3) is 3.90. The van der Waals surface area contributed by atoms with Crippen LogP contribution in [0.2, 0.25) is 0 Å². The molecule has 0 radical (unpaired) electrons. The number of thioether (sulfide) groups is 1. The number of piperidine rings is 1. The monoisotopic (exact) mass is 475 g/mol. The van der Waals surface area contributed by atoms with Gasteiger partial charge in [-0.2, -0.15) is 0 Å². The number of fused-ring (bicyclic) bond motifs is 3. The summed E-state index contributed by atoms with van der Waals surface area (Å²) in [6.07, 6.45) is 2.09. The number of amides is 1. The molecule has 1 fully saturated rings. The summed E-state index contributed by atoms with van der Waals surface area (Å²) in [5.74, 6) is 1.24. The zero-order chi connectivity index (χ0) is 24.0. The number of hydrogen-bond acceptors (Lipinski definition) is 5. The number of nitrogens with zero attached hydrogens (tertiary/aromatic N) is 5. The molecule has 2 aromatic heterocycles. The summed E-state index contributed by atoms with van der Waals surface area (Å²) in [6, 6.07) is 13.5. The van der Waals surface area contributed by atoms with Gasteiger partial charge in [0.15, 0.2) is 5.16 Å². The van der Waals surface area contributed by atoms with E-state index in [-0.39, 0.29) is 16.7 Å². The molecule has 1 aliphatic rings. The van der Waals surface area contributed by atoms with Crippen molar-refractivity contribution in [3.63, 3.8) is 0 Å². The number of hydrogen-bond donors (Lipinski definition) is 0.